The molecule has 0 aliphatic carbocycles. The van der Waals surface area contributed by atoms with Crippen LogP contribution >= 0.6 is 34.4 Å². The number of nitrogens with one attached hydrogen (secondary N) is 1. The highest BCUT2D eigenvalue weighted by Gasteiger charge is 2.43. The molecular weight excluding hydrogens is 561 g/mol. The molecule has 1 aliphatic rings. The van der Waals surface area contributed by atoms with Crippen LogP contribution < -0.4 is 10.5 Å². The Morgan fingerprint density at radius 2 is 2.11 bits per heavy atom. The van der Waals surface area contributed by atoms with Crippen molar-refractivity contribution in [3.8, 4) is 27.6 Å². The molecule has 0 unspecified atom stereocenters. The van der Waals surface area contributed by atoms with E-state index in [4.69, 9.17) is 20.9 Å². The van der Waals surface area contributed by atoms with Crippen LogP contribution in [0.1, 0.15) is 17.7 Å². The molecule has 1 aromatic carbocycles. The second-order valence-corrected chi connectivity index (χ2v) is 11.3. The summed E-state index contributed by atoms with van der Waals surface area (Å²) in [5, 5.41) is 10.4. The molecule has 202 valence electrons. The number of likely N-dealkylation sites (tertiary alicyclic amines) is 1. The predicted octanol–water partition coefficient (Wildman–Crippen LogP) is 5.02. The first-order chi connectivity index (χ1) is 18.0. The normalized spacial score (nSPS) is 15.8. The maximum atomic E-state index is 12.6. The number of aromatic nitrogens is 1. The second kappa shape index (κ2) is 11.7. The third-order valence-electron chi connectivity index (χ3n) is 5.61. The maximum Gasteiger partial charge on any atom is 0.490 e. The number of nitrogens with zero attached hydrogens (tertiary/aromatic N) is 2. The highest BCUT2D eigenvalue weighted by atomic mass is 32.2. The number of rotatable bonds is 8. The van der Waals surface area contributed by atoms with Crippen LogP contribution in [0.3, 0.4) is 0 Å². The highest BCUT2D eigenvalue weighted by Crippen LogP contribution is 2.40. The van der Waals surface area contributed by atoms with E-state index in [0.717, 1.165) is 26.0 Å². The molecule has 1 saturated heterocycles. The number of nitrogen functional groups attached to an aromatic ring is 1. The van der Waals surface area contributed by atoms with E-state index in [2.05, 4.69) is 4.74 Å². The first-order valence-corrected chi connectivity index (χ1v) is 14.2. The number of hydrogen-bond acceptors (Lipinski definition) is 9. The van der Waals surface area contributed by atoms with Gasteiger partial charge in [0.05, 0.1) is 21.3 Å². The zero-order chi connectivity index (χ0) is 27.4. The van der Waals surface area contributed by atoms with Crippen molar-refractivity contribution in [3.63, 3.8) is 0 Å². The SMILES string of the molecule is CSc1sc(C(=N)N)cc1-c1nc(-c2cccc(OCC(=O)N3CCC[C@@H](OC(=O)C(F)(F)F)C3)c2)cs1. The molecule has 0 saturated carbocycles. The molecule has 38 heavy (non-hydrogen) atoms. The number of thioether (sulfide) groups is 1. The minimum atomic E-state index is -5.07. The van der Waals surface area contributed by atoms with Crippen molar-refractivity contribution < 1.29 is 32.2 Å². The van der Waals surface area contributed by atoms with E-state index in [1.165, 1.54) is 27.6 Å². The third-order valence-corrected chi connectivity index (χ3v) is 8.79. The summed E-state index contributed by atoms with van der Waals surface area (Å²) in [5.74, 6) is -2.22. The van der Waals surface area contributed by atoms with E-state index < -0.39 is 24.2 Å². The third kappa shape index (κ3) is 6.66. The molecule has 4 rings (SSSR count). The van der Waals surface area contributed by atoms with E-state index in [1.807, 2.05) is 23.8 Å². The van der Waals surface area contributed by atoms with Crippen LogP contribution in [0.4, 0.5) is 13.2 Å². The van der Waals surface area contributed by atoms with E-state index in [9.17, 15) is 22.8 Å². The van der Waals surface area contributed by atoms with E-state index in [1.54, 1.807) is 30.0 Å². The van der Waals surface area contributed by atoms with Crippen molar-refractivity contribution in [1.29, 1.82) is 5.41 Å². The van der Waals surface area contributed by atoms with Crippen molar-refractivity contribution in [2.24, 2.45) is 5.73 Å². The fourth-order valence-electron chi connectivity index (χ4n) is 3.80. The minimum Gasteiger partial charge on any atom is -0.484 e. The van der Waals surface area contributed by atoms with Gasteiger partial charge in [-0.25, -0.2) is 9.78 Å². The number of benzene rings is 1. The first kappa shape index (κ1) is 27.9. The lowest BCUT2D eigenvalue weighted by Crippen LogP contribution is -2.46. The number of hydrogen-bond donors (Lipinski definition) is 2. The van der Waals surface area contributed by atoms with Gasteiger partial charge in [-0.2, -0.15) is 13.2 Å². The molecule has 0 bridgehead atoms. The predicted molar refractivity (Wildman–Crippen MR) is 141 cm³/mol. The molecule has 1 amide bonds. The van der Waals surface area contributed by atoms with Gasteiger partial charge in [0, 0.05) is 23.1 Å². The van der Waals surface area contributed by atoms with Crippen LogP contribution in [-0.2, 0) is 14.3 Å². The summed E-state index contributed by atoms with van der Waals surface area (Å²) in [6, 6.07) is 8.94. The number of thiophene rings is 1. The van der Waals surface area contributed by atoms with Gasteiger partial charge in [-0.05, 0) is 37.3 Å². The van der Waals surface area contributed by atoms with Crippen LogP contribution in [0.25, 0.3) is 21.8 Å². The number of ether oxygens (including phenoxy) is 2. The van der Waals surface area contributed by atoms with E-state index in [-0.39, 0.29) is 25.4 Å². The van der Waals surface area contributed by atoms with Gasteiger partial charge in [0.1, 0.15) is 22.7 Å². The molecule has 3 heterocycles. The average molecular weight is 585 g/mol. The lowest BCUT2D eigenvalue weighted by atomic mass is 10.1. The molecule has 3 aromatic rings. The summed E-state index contributed by atoms with van der Waals surface area (Å²) in [5.41, 5.74) is 8.06. The first-order valence-electron chi connectivity index (χ1n) is 11.3. The number of esters is 1. The minimum absolute atomic E-state index is 0.00937. The van der Waals surface area contributed by atoms with Crippen LogP contribution in [-0.4, -0.2) is 65.8 Å². The van der Waals surface area contributed by atoms with E-state index >= 15 is 0 Å². The fourth-order valence-corrected chi connectivity index (χ4v) is 6.51. The molecule has 3 N–H and O–H groups in total. The van der Waals surface area contributed by atoms with Crippen molar-refractivity contribution in [3.05, 3.63) is 40.6 Å². The van der Waals surface area contributed by atoms with Crippen molar-refractivity contribution in [2.75, 3.05) is 26.0 Å². The molecule has 1 aliphatic heterocycles. The number of halogens is 3. The summed E-state index contributed by atoms with van der Waals surface area (Å²) in [6.45, 7) is -0.0843. The van der Waals surface area contributed by atoms with Crippen molar-refractivity contribution >= 4 is 52.1 Å². The topological polar surface area (TPSA) is 119 Å². The number of carbonyl (C=O) groups is 2. The van der Waals surface area contributed by atoms with E-state index in [0.29, 0.717) is 23.6 Å². The summed E-state index contributed by atoms with van der Waals surface area (Å²) >= 11 is 4.47. The number of amidine groups is 1. The Hall–Kier alpha value is -3.10. The summed E-state index contributed by atoms with van der Waals surface area (Å²) < 4.78 is 48.6. The van der Waals surface area contributed by atoms with Gasteiger partial charge in [0.15, 0.2) is 6.61 Å². The molecule has 1 fully saturated rings. The van der Waals surface area contributed by atoms with Gasteiger partial charge in [-0.3, -0.25) is 10.2 Å². The average Bonchev–Trinajstić information content (AvgIpc) is 3.54. The zero-order valence-electron chi connectivity index (χ0n) is 20.0. The van der Waals surface area contributed by atoms with Gasteiger partial charge in [-0.1, -0.05) is 12.1 Å². The summed E-state index contributed by atoms with van der Waals surface area (Å²) in [6.07, 6.45) is -3.46. The Balaban J connectivity index is 1.39. The number of amides is 1. The standard InChI is InChI=1S/C24H23F3N4O4S3/c1-36-22-16(9-18(38-22)20(28)29)21-30-17(12-37-21)13-4-2-5-14(8-13)34-11-19(32)31-7-3-6-15(10-31)35-23(33)24(25,26)27/h2,4-5,8-9,12,15H,3,6-7,10-11H2,1H3,(H3,28,29)/t15-/m1/s1. The maximum absolute atomic E-state index is 12.6. The highest BCUT2D eigenvalue weighted by molar-refractivity contribution is 8.00. The Morgan fingerprint density at radius 1 is 1.32 bits per heavy atom. The van der Waals surface area contributed by atoms with Gasteiger partial charge in [-0.15, -0.1) is 34.4 Å². The Bertz CT molecular complexity index is 1340. The molecule has 0 radical (unpaired) electrons. The molecular formula is C24H23F3N4O4S3. The molecule has 1 atom stereocenters. The molecule has 8 nitrogen and oxygen atoms in total. The quantitative estimate of drug-likeness (QED) is 0.165. The number of nitrogens with two attached hydrogens (primary N) is 1. The summed E-state index contributed by atoms with van der Waals surface area (Å²) in [4.78, 5) is 30.5. The Kier molecular flexibility index (Phi) is 8.63. The Labute approximate surface area is 228 Å². The van der Waals surface area contributed by atoms with Crippen molar-refractivity contribution in [1.82, 2.24) is 9.88 Å². The largest absolute Gasteiger partial charge is 0.490 e. The van der Waals surface area contributed by atoms with Crippen molar-refractivity contribution in [2.45, 2.75) is 29.3 Å². The fraction of sp³-hybridized carbons (Fsp3) is 0.333. The number of piperidine rings is 1. The second-order valence-electron chi connectivity index (χ2n) is 8.29. The lowest BCUT2D eigenvalue weighted by molar-refractivity contribution is -0.206. The molecule has 0 spiro atoms. The summed E-state index contributed by atoms with van der Waals surface area (Å²) in [7, 11) is 0. The lowest BCUT2D eigenvalue weighted by Gasteiger charge is -2.32. The van der Waals surface area contributed by atoms with Crippen LogP contribution in [0.2, 0.25) is 0 Å². The molecule has 14 heteroatoms. The number of carbonyl (C=O) groups excluding carboxylic acids is 2. The van der Waals surface area contributed by atoms with Crippen LogP contribution in [0.15, 0.2) is 39.9 Å². The monoisotopic (exact) mass is 584 g/mol. The van der Waals surface area contributed by atoms with Gasteiger partial charge in [0.25, 0.3) is 5.91 Å². The molecule has 2 aromatic heterocycles. The Morgan fingerprint density at radius 3 is 2.82 bits per heavy atom. The van der Waals surface area contributed by atoms with Gasteiger partial charge < -0.3 is 20.1 Å². The zero-order valence-corrected chi connectivity index (χ0v) is 22.5. The smallest absolute Gasteiger partial charge is 0.484 e. The van der Waals surface area contributed by atoms with Gasteiger partial charge >= 0.3 is 12.1 Å². The van der Waals surface area contributed by atoms with Crippen LogP contribution in [0, 0.1) is 5.41 Å². The van der Waals surface area contributed by atoms with Gasteiger partial charge in [0.2, 0.25) is 0 Å². The number of alkyl halides is 3. The number of thiazole rings is 1. The van der Waals surface area contributed by atoms with Crippen LogP contribution in [0.5, 0.6) is 5.75 Å².